The van der Waals surface area contributed by atoms with Gasteiger partial charge in [0.05, 0.1) is 22.7 Å². The van der Waals surface area contributed by atoms with Gasteiger partial charge < -0.3 is 0 Å². The molecule has 0 saturated heterocycles. The number of benzene rings is 2. The van der Waals surface area contributed by atoms with Gasteiger partial charge in [0.25, 0.3) is 0 Å². The maximum atomic E-state index is 9.23. The summed E-state index contributed by atoms with van der Waals surface area (Å²) in [6, 6.07) is 14.3. The van der Waals surface area contributed by atoms with Gasteiger partial charge in [-0.25, -0.2) is 4.98 Å². The Morgan fingerprint density at radius 1 is 1.28 bits per heavy atom. The van der Waals surface area contributed by atoms with Gasteiger partial charge in [-0.05, 0) is 54.3 Å². The second-order valence-corrected chi connectivity index (χ2v) is 5.86. The Kier molecular flexibility index (Phi) is 4.69. The van der Waals surface area contributed by atoms with Crippen LogP contribution >= 0.6 is 0 Å². The smallest absolute Gasteiger partial charge is 0.114 e. The summed E-state index contributed by atoms with van der Waals surface area (Å²) in [5, 5.41) is 12.8. The number of fused-ring (bicyclic) bond motifs is 1. The second kappa shape index (κ2) is 7.08. The van der Waals surface area contributed by atoms with E-state index in [1.807, 2.05) is 31.2 Å². The summed E-state index contributed by atoms with van der Waals surface area (Å²) in [4.78, 5) is 7.47. The number of hydrogen-bond donors (Lipinski definition) is 0. The van der Waals surface area contributed by atoms with Gasteiger partial charge in [0.2, 0.25) is 0 Å². The monoisotopic (exact) mass is 330 g/mol. The molecule has 0 fully saturated rings. The van der Waals surface area contributed by atoms with Gasteiger partial charge in [0.1, 0.15) is 5.82 Å². The van der Waals surface area contributed by atoms with E-state index in [-0.39, 0.29) is 0 Å². The van der Waals surface area contributed by atoms with E-state index < -0.39 is 0 Å². The van der Waals surface area contributed by atoms with Crippen molar-refractivity contribution in [3.63, 3.8) is 0 Å². The number of nitriles is 1. The minimum Gasteiger partial charge on any atom is -0.296 e. The third kappa shape index (κ3) is 3.18. The van der Waals surface area contributed by atoms with Crippen LogP contribution in [0, 0.1) is 18.3 Å². The average Bonchev–Trinajstić information content (AvgIpc) is 2.99. The zero-order valence-electron chi connectivity index (χ0n) is 14.3. The molecule has 0 aliphatic heterocycles. The van der Waals surface area contributed by atoms with Gasteiger partial charge >= 0.3 is 0 Å². The molecular weight excluding hydrogens is 312 g/mol. The molecule has 1 aromatic heterocycles. The summed E-state index contributed by atoms with van der Waals surface area (Å²) < 4.78 is 2.14. The fourth-order valence-electron chi connectivity index (χ4n) is 2.96. The van der Waals surface area contributed by atoms with Crippen molar-refractivity contribution in [1.29, 1.82) is 5.26 Å². The highest BCUT2D eigenvalue weighted by Gasteiger charge is 2.13. The van der Waals surface area contributed by atoms with Crippen LogP contribution < -0.4 is 0 Å². The van der Waals surface area contributed by atoms with Crippen LogP contribution in [-0.4, -0.2) is 16.1 Å². The highest BCUT2D eigenvalue weighted by atomic mass is 15.1. The van der Waals surface area contributed by atoms with Crippen molar-refractivity contribution in [2.75, 3.05) is 6.54 Å². The lowest BCUT2D eigenvalue weighted by atomic mass is 10.1. The number of nitrogens with zero attached hydrogens (tertiary/aromatic N) is 6. The quantitative estimate of drug-likeness (QED) is 0.388. The third-order valence-corrected chi connectivity index (χ3v) is 4.27. The van der Waals surface area contributed by atoms with E-state index in [0.717, 1.165) is 46.5 Å². The third-order valence-electron chi connectivity index (χ3n) is 4.27. The first-order chi connectivity index (χ1) is 12.2. The standard InChI is InChI=1S/C19H18N6/c1-3-19-23-17-11-15(12-20)13(2)10-18(17)25(19)16-6-4-14(5-7-16)8-9-22-24-21/h4-7,10-11H,3,8-9H2,1-2H3. The van der Waals surface area contributed by atoms with Gasteiger partial charge in [-0.3, -0.25) is 4.57 Å². The Hall–Kier alpha value is -3.29. The minimum atomic E-state index is 0.459. The van der Waals surface area contributed by atoms with Crippen LogP contribution in [0.4, 0.5) is 0 Å². The summed E-state index contributed by atoms with van der Waals surface area (Å²) in [7, 11) is 0. The van der Waals surface area contributed by atoms with Crippen LogP contribution in [0.15, 0.2) is 41.5 Å². The molecule has 0 saturated carbocycles. The first-order valence-corrected chi connectivity index (χ1v) is 8.20. The van der Waals surface area contributed by atoms with Gasteiger partial charge in [-0.15, -0.1) is 0 Å². The second-order valence-electron chi connectivity index (χ2n) is 5.86. The van der Waals surface area contributed by atoms with Crippen LogP contribution in [0.2, 0.25) is 0 Å². The van der Waals surface area contributed by atoms with Crippen LogP contribution in [0.1, 0.15) is 29.4 Å². The molecule has 25 heavy (non-hydrogen) atoms. The first-order valence-electron chi connectivity index (χ1n) is 8.20. The van der Waals surface area contributed by atoms with E-state index in [4.69, 9.17) is 10.5 Å². The fraction of sp³-hybridized carbons (Fsp3) is 0.263. The molecule has 6 heteroatoms. The Bertz CT molecular complexity index is 1000. The predicted octanol–water partition coefficient (Wildman–Crippen LogP) is 4.62. The number of imidazole rings is 1. The van der Waals surface area contributed by atoms with Crippen molar-refractivity contribution in [2.24, 2.45) is 5.11 Å². The molecule has 3 aromatic rings. The maximum Gasteiger partial charge on any atom is 0.114 e. The Labute approximate surface area is 146 Å². The van der Waals surface area contributed by atoms with Gasteiger partial charge in [0, 0.05) is 23.6 Å². The molecule has 0 aliphatic carbocycles. The molecule has 0 aliphatic rings. The van der Waals surface area contributed by atoms with E-state index in [1.54, 1.807) is 0 Å². The summed E-state index contributed by atoms with van der Waals surface area (Å²) in [6.07, 6.45) is 1.52. The van der Waals surface area contributed by atoms with Gasteiger partial charge in [0.15, 0.2) is 0 Å². The van der Waals surface area contributed by atoms with E-state index in [1.165, 1.54) is 0 Å². The lowest BCUT2D eigenvalue weighted by molar-refractivity contribution is 0.904. The summed E-state index contributed by atoms with van der Waals surface area (Å²) >= 11 is 0. The number of aromatic nitrogens is 2. The van der Waals surface area contributed by atoms with Gasteiger partial charge in [-0.1, -0.05) is 24.2 Å². The van der Waals surface area contributed by atoms with Crippen molar-refractivity contribution < 1.29 is 0 Å². The molecule has 3 rings (SSSR count). The molecular formula is C19H18N6. The lowest BCUT2D eigenvalue weighted by Crippen LogP contribution is -2.00. The fourth-order valence-corrected chi connectivity index (χ4v) is 2.96. The Balaban J connectivity index is 2.06. The Morgan fingerprint density at radius 2 is 2.04 bits per heavy atom. The molecule has 124 valence electrons. The number of aryl methyl sites for hydroxylation is 2. The molecule has 2 aromatic carbocycles. The zero-order valence-corrected chi connectivity index (χ0v) is 14.3. The van der Waals surface area contributed by atoms with E-state index in [0.29, 0.717) is 12.1 Å². The molecule has 0 radical (unpaired) electrons. The number of hydrogen-bond acceptors (Lipinski definition) is 3. The molecule has 0 N–H and O–H groups in total. The molecule has 1 heterocycles. The van der Waals surface area contributed by atoms with Crippen molar-refractivity contribution in [3.05, 3.63) is 69.4 Å². The van der Waals surface area contributed by atoms with Crippen molar-refractivity contribution in [3.8, 4) is 11.8 Å². The van der Waals surface area contributed by atoms with Crippen LogP contribution in [0.3, 0.4) is 0 Å². The van der Waals surface area contributed by atoms with Crippen LogP contribution in [0.5, 0.6) is 0 Å². The number of rotatable bonds is 5. The highest BCUT2D eigenvalue weighted by Crippen LogP contribution is 2.25. The van der Waals surface area contributed by atoms with E-state index in [2.05, 4.69) is 39.7 Å². The first kappa shape index (κ1) is 16.6. The molecule has 0 atom stereocenters. The lowest BCUT2D eigenvalue weighted by Gasteiger charge is -2.10. The topological polar surface area (TPSA) is 90.4 Å². The van der Waals surface area contributed by atoms with E-state index in [9.17, 15) is 5.26 Å². The molecule has 0 spiro atoms. The minimum absolute atomic E-state index is 0.459. The summed E-state index contributed by atoms with van der Waals surface area (Å²) in [5.74, 6) is 0.964. The summed E-state index contributed by atoms with van der Waals surface area (Å²) in [6.45, 7) is 4.48. The largest absolute Gasteiger partial charge is 0.296 e. The van der Waals surface area contributed by atoms with Crippen LogP contribution in [0.25, 0.3) is 27.2 Å². The highest BCUT2D eigenvalue weighted by molar-refractivity contribution is 5.81. The molecule has 0 bridgehead atoms. The van der Waals surface area contributed by atoms with Crippen molar-refractivity contribution in [2.45, 2.75) is 26.7 Å². The number of azide groups is 1. The predicted molar refractivity (Wildman–Crippen MR) is 97.6 cm³/mol. The van der Waals surface area contributed by atoms with E-state index >= 15 is 0 Å². The van der Waals surface area contributed by atoms with Crippen LogP contribution in [-0.2, 0) is 12.8 Å². The van der Waals surface area contributed by atoms with Gasteiger partial charge in [-0.2, -0.15) is 5.26 Å². The molecule has 6 nitrogen and oxygen atoms in total. The maximum absolute atomic E-state index is 9.23. The Morgan fingerprint density at radius 3 is 2.68 bits per heavy atom. The normalized spacial score (nSPS) is 10.4. The molecule has 0 amide bonds. The summed E-state index contributed by atoms with van der Waals surface area (Å²) in [5.41, 5.74) is 14.0. The average molecular weight is 330 g/mol. The zero-order chi connectivity index (χ0) is 17.8. The van der Waals surface area contributed by atoms with Crippen molar-refractivity contribution in [1.82, 2.24) is 9.55 Å². The van der Waals surface area contributed by atoms with Crippen molar-refractivity contribution >= 4 is 11.0 Å². The molecule has 0 unspecified atom stereocenters. The SMILES string of the molecule is CCc1nc2cc(C#N)c(C)cc2n1-c1ccc(CCN=[N+]=[N-])cc1.